The molecule has 4 heterocycles. The predicted octanol–water partition coefficient (Wildman–Crippen LogP) is 1.29. The SMILES string of the molecule is CCCCNC(=O)[C@]1(OC)[C@@H](S)O[C@](Br)(CO)[C@H](O)C1(c1cccnc1)n1cc(-n2ccc(Cl)n2)nn1. The van der Waals surface area contributed by atoms with E-state index in [9.17, 15) is 15.0 Å². The number of rotatable bonds is 9. The number of carbonyl (C=O) groups excluding carboxylic acids is 1. The molecule has 4 rings (SSSR count). The number of hydrogen-bond acceptors (Lipinski definition) is 10. The highest BCUT2D eigenvalue weighted by Gasteiger charge is 2.75. The average molecular weight is 617 g/mol. The van der Waals surface area contributed by atoms with E-state index in [1.165, 1.54) is 28.9 Å². The van der Waals surface area contributed by atoms with Gasteiger partial charge in [-0.25, -0.2) is 9.36 Å². The smallest absolute Gasteiger partial charge is 0.258 e. The second-order valence-corrected chi connectivity index (χ2v) is 10.7. The van der Waals surface area contributed by atoms with Crippen LogP contribution in [-0.4, -0.2) is 87.8 Å². The summed E-state index contributed by atoms with van der Waals surface area (Å²) in [5.74, 6) is -0.372. The second-order valence-electron chi connectivity index (χ2n) is 8.48. The molecule has 0 saturated carbocycles. The lowest BCUT2D eigenvalue weighted by Crippen LogP contribution is -2.80. The van der Waals surface area contributed by atoms with E-state index in [0.29, 0.717) is 18.5 Å². The predicted molar refractivity (Wildman–Crippen MR) is 140 cm³/mol. The van der Waals surface area contributed by atoms with Gasteiger partial charge in [0.1, 0.15) is 11.5 Å². The van der Waals surface area contributed by atoms with Crippen LogP contribution in [0.4, 0.5) is 0 Å². The van der Waals surface area contributed by atoms with Crippen molar-refractivity contribution in [2.75, 3.05) is 20.3 Å². The minimum atomic E-state index is -2.04. The Balaban J connectivity index is 2.05. The summed E-state index contributed by atoms with van der Waals surface area (Å²) in [4.78, 5) is 18.3. The van der Waals surface area contributed by atoms with Crippen LogP contribution < -0.4 is 5.32 Å². The van der Waals surface area contributed by atoms with Crippen molar-refractivity contribution in [1.82, 2.24) is 35.1 Å². The van der Waals surface area contributed by atoms with E-state index in [4.69, 9.17) is 21.1 Å². The Morgan fingerprint density at radius 1 is 1.43 bits per heavy atom. The number of halogens is 2. The summed E-state index contributed by atoms with van der Waals surface area (Å²) < 4.78 is 12.8. The Labute approximate surface area is 231 Å². The molecule has 3 N–H and O–H groups in total. The van der Waals surface area contributed by atoms with Gasteiger partial charge in [-0.3, -0.25) is 9.78 Å². The number of aromatic nitrogens is 6. The van der Waals surface area contributed by atoms with Gasteiger partial charge in [0, 0.05) is 37.8 Å². The van der Waals surface area contributed by atoms with Gasteiger partial charge in [-0.15, -0.1) is 17.7 Å². The van der Waals surface area contributed by atoms with Crippen molar-refractivity contribution in [1.29, 1.82) is 0 Å². The van der Waals surface area contributed by atoms with Crippen molar-refractivity contribution < 1.29 is 24.5 Å². The Hall–Kier alpha value is -2.07. The van der Waals surface area contributed by atoms with E-state index in [2.05, 4.69) is 54.3 Å². The number of nitrogens with one attached hydrogen (secondary N) is 1. The van der Waals surface area contributed by atoms with Crippen LogP contribution in [0.1, 0.15) is 25.3 Å². The molecule has 37 heavy (non-hydrogen) atoms. The van der Waals surface area contributed by atoms with Crippen molar-refractivity contribution in [3.8, 4) is 5.82 Å². The van der Waals surface area contributed by atoms with Gasteiger partial charge in [-0.2, -0.15) is 5.10 Å². The van der Waals surface area contributed by atoms with Gasteiger partial charge in [0.05, 0.1) is 12.8 Å². The third-order valence-electron chi connectivity index (χ3n) is 6.45. The van der Waals surface area contributed by atoms with Gasteiger partial charge in [-0.05, 0) is 34.5 Å². The fraction of sp³-hybridized carbons (Fsp3) is 0.500. The highest BCUT2D eigenvalue weighted by atomic mass is 79.9. The molecular formula is C22H27BrClN7O5S. The first-order chi connectivity index (χ1) is 17.7. The Kier molecular flexibility index (Phi) is 8.28. The van der Waals surface area contributed by atoms with Gasteiger partial charge in [-0.1, -0.05) is 36.2 Å². The summed E-state index contributed by atoms with van der Waals surface area (Å²) in [7, 11) is 1.31. The molecule has 0 aromatic carbocycles. The van der Waals surface area contributed by atoms with E-state index < -0.39 is 39.7 Å². The average Bonchev–Trinajstić information content (AvgIpc) is 3.56. The number of aliphatic hydroxyl groups excluding tert-OH is 2. The number of ether oxygens (including phenoxy) is 2. The normalized spacial score (nSPS) is 29.8. The Bertz CT molecular complexity index is 1230. The molecule has 1 saturated heterocycles. The third-order valence-corrected chi connectivity index (χ3v) is 7.99. The monoisotopic (exact) mass is 615 g/mol. The Morgan fingerprint density at radius 3 is 2.81 bits per heavy atom. The topological polar surface area (TPSA) is 149 Å². The quantitative estimate of drug-likeness (QED) is 0.158. The van der Waals surface area contributed by atoms with Crippen LogP contribution in [0, 0.1) is 0 Å². The molecule has 1 aliphatic rings. The highest BCUT2D eigenvalue weighted by Crippen LogP contribution is 2.55. The Morgan fingerprint density at radius 2 is 2.22 bits per heavy atom. The van der Waals surface area contributed by atoms with Crippen molar-refractivity contribution in [3.05, 3.63) is 53.7 Å². The molecule has 15 heteroatoms. The molecule has 3 aromatic rings. The van der Waals surface area contributed by atoms with Gasteiger partial charge < -0.3 is 25.0 Å². The van der Waals surface area contributed by atoms with E-state index >= 15 is 0 Å². The van der Waals surface area contributed by atoms with E-state index in [1.54, 1.807) is 30.6 Å². The largest absolute Gasteiger partial charge is 0.392 e. The summed E-state index contributed by atoms with van der Waals surface area (Å²) in [5, 5.41) is 38.1. The third kappa shape index (κ3) is 4.37. The lowest BCUT2D eigenvalue weighted by molar-refractivity contribution is -0.263. The van der Waals surface area contributed by atoms with Crippen LogP contribution >= 0.6 is 40.2 Å². The number of aliphatic hydroxyl groups is 2. The number of methoxy groups -OCH3 is 1. The summed E-state index contributed by atoms with van der Waals surface area (Å²) in [5.41, 5.74) is -4.94. The molecule has 3 aromatic heterocycles. The first kappa shape index (κ1) is 28.0. The number of carbonyl (C=O) groups is 1. The number of hydrogen-bond donors (Lipinski definition) is 4. The fourth-order valence-electron chi connectivity index (χ4n) is 4.65. The van der Waals surface area contributed by atoms with Crippen LogP contribution in [-0.2, 0) is 19.8 Å². The standard InChI is InChI=1S/C22H27BrClN7O5S/c1-3-4-9-26-18(34)22(35-2)19(37)36-20(23,13-32)17(33)21(22,14-6-5-8-25-11-14)31-12-16(27-29-31)30-10-7-15(24)28-30/h5-8,10-12,17,19,32-33,37H,3-4,9,13H2,1-2H3,(H,26,34)/t17-,19+,20+,21?,22-/m0/s1. The summed E-state index contributed by atoms with van der Waals surface area (Å²) in [6.45, 7) is 1.65. The van der Waals surface area contributed by atoms with Crippen molar-refractivity contribution in [2.24, 2.45) is 0 Å². The molecule has 1 amide bonds. The molecule has 0 radical (unpaired) electrons. The number of amides is 1. The van der Waals surface area contributed by atoms with Crippen LogP contribution in [0.2, 0.25) is 5.15 Å². The second kappa shape index (κ2) is 11.0. The maximum atomic E-state index is 14.1. The minimum absolute atomic E-state index is 0.236. The number of pyridine rings is 1. The van der Waals surface area contributed by atoms with E-state index in [-0.39, 0.29) is 11.0 Å². The first-order valence-electron chi connectivity index (χ1n) is 11.4. The van der Waals surface area contributed by atoms with Gasteiger partial charge >= 0.3 is 0 Å². The number of unbranched alkanes of at least 4 members (excludes halogenated alkanes) is 1. The maximum Gasteiger partial charge on any atom is 0.258 e. The van der Waals surface area contributed by atoms with Crippen LogP contribution in [0.3, 0.4) is 0 Å². The van der Waals surface area contributed by atoms with Crippen molar-refractivity contribution in [3.63, 3.8) is 0 Å². The molecule has 5 atom stereocenters. The van der Waals surface area contributed by atoms with Crippen molar-refractivity contribution >= 4 is 46.1 Å². The molecule has 0 aliphatic carbocycles. The van der Waals surface area contributed by atoms with Gasteiger partial charge in [0.2, 0.25) is 5.60 Å². The molecular weight excluding hydrogens is 590 g/mol. The zero-order chi connectivity index (χ0) is 26.8. The van der Waals surface area contributed by atoms with E-state index in [0.717, 1.165) is 6.42 Å². The highest BCUT2D eigenvalue weighted by molar-refractivity contribution is 9.10. The lowest BCUT2D eigenvalue weighted by atomic mass is 9.67. The van der Waals surface area contributed by atoms with Crippen molar-refractivity contribution in [2.45, 2.75) is 47.0 Å². The molecule has 1 unspecified atom stereocenters. The lowest BCUT2D eigenvalue weighted by Gasteiger charge is -2.59. The molecule has 1 aliphatic heterocycles. The number of alkyl halides is 1. The summed E-state index contributed by atoms with van der Waals surface area (Å²) in [6.07, 6.45) is 5.93. The fourth-order valence-corrected chi connectivity index (χ4v) is 6.06. The zero-order valence-electron chi connectivity index (χ0n) is 20.0. The van der Waals surface area contributed by atoms with Crippen LogP contribution in [0.25, 0.3) is 5.82 Å². The molecule has 0 spiro atoms. The molecule has 200 valence electrons. The van der Waals surface area contributed by atoms with E-state index in [1.807, 2.05) is 6.92 Å². The van der Waals surface area contributed by atoms with Crippen LogP contribution in [0.15, 0.2) is 43.0 Å². The number of thiol groups is 1. The molecule has 1 fully saturated rings. The zero-order valence-corrected chi connectivity index (χ0v) is 23.3. The number of nitrogens with zero attached hydrogens (tertiary/aromatic N) is 6. The van der Waals surface area contributed by atoms with Crippen LogP contribution in [0.5, 0.6) is 0 Å². The van der Waals surface area contributed by atoms with Gasteiger partial charge in [0.25, 0.3) is 5.91 Å². The maximum absolute atomic E-state index is 14.1. The summed E-state index contributed by atoms with van der Waals surface area (Å²) in [6, 6.07) is 4.87. The first-order valence-corrected chi connectivity index (χ1v) is 13.1. The summed E-state index contributed by atoms with van der Waals surface area (Å²) >= 11 is 14.0. The van der Waals surface area contributed by atoms with Gasteiger partial charge in [0.15, 0.2) is 21.0 Å². The molecule has 12 nitrogen and oxygen atoms in total. The molecule has 0 bridgehead atoms. The minimum Gasteiger partial charge on any atom is -0.392 e.